The zero-order valence-electron chi connectivity index (χ0n) is 8.08. The molecular formula is C10H13N2NpO-. The Kier molecular flexibility index (Phi) is 6.47. The van der Waals surface area contributed by atoms with E-state index in [4.69, 9.17) is 0 Å². The van der Waals surface area contributed by atoms with E-state index < -0.39 is 0 Å². The molecular weight excluding hydrogens is 401 g/mol. The number of H-pyrrole nitrogens is 1. The standard InChI is InChI=1S/C10H13N2O.Np/c1-3-11-7-6-9-4-5-10(12-9)8(2)13;/h4-7,11-12H,2-3H2,1H3;/q-1;/b7-6+;. The number of hydrogen-bond donors (Lipinski definition) is 2. The Balaban J connectivity index is 0.00000169. The fraction of sp³-hybridized carbons (Fsp3) is 0.200. The molecule has 4 heteroatoms. The van der Waals surface area contributed by atoms with Crippen LogP contribution in [-0.2, 0) is 0 Å². The van der Waals surface area contributed by atoms with Gasteiger partial charge >= 0.3 is 0 Å². The minimum atomic E-state index is -0.192. The number of nitrogens with one attached hydrogen (secondary N) is 2. The van der Waals surface area contributed by atoms with Gasteiger partial charge in [-0.3, -0.25) is 0 Å². The molecule has 0 saturated carbocycles. The third-order valence-electron chi connectivity index (χ3n) is 1.59. The maximum Gasteiger partial charge on any atom is 0.0369 e. The molecule has 0 bridgehead atoms. The van der Waals surface area contributed by atoms with Crippen LogP contribution in [0.4, 0.5) is 0 Å². The summed E-state index contributed by atoms with van der Waals surface area (Å²) in [5.41, 5.74) is 1.43. The molecule has 0 saturated heterocycles. The minimum absolute atomic E-state index is 0. The van der Waals surface area contributed by atoms with E-state index in [0.717, 1.165) is 12.2 Å². The van der Waals surface area contributed by atoms with Gasteiger partial charge in [-0.2, -0.15) is 6.92 Å². The maximum absolute atomic E-state index is 10.8. The van der Waals surface area contributed by atoms with Gasteiger partial charge in [0.15, 0.2) is 0 Å². The zero-order valence-corrected chi connectivity index (χ0v) is 11.8. The van der Waals surface area contributed by atoms with Crippen LogP contribution >= 0.6 is 0 Å². The minimum Gasteiger partial charge on any atom is -0.430 e. The van der Waals surface area contributed by atoms with Crippen molar-refractivity contribution < 1.29 is 34.7 Å². The molecule has 0 aliphatic carbocycles. The predicted octanol–water partition coefficient (Wildman–Crippen LogP) is 1.61. The Hall–Kier alpha value is -0.627. The number of carbonyl (C=O) groups is 1. The summed E-state index contributed by atoms with van der Waals surface area (Å²) >= 11 is 0. The molecule has 0 aromatic carbocycles. The van der Waals surface area contributed by atoms with Gasteiger partial charge < -0.3 is 15.1 Å². The van der Waals surface area contributed by atoms with Crippen molar-refractivity contribution in [3.8, 4) is 0 Å². The van der Waals surface area contributed by atoms with E-state index in [1.807, 2.05) is 25.3 Å². The van der Waals surface area contributed by atoms with Crippen molar-refractivity contribution in [2.45, 2.75) is 6.92 Å². The van der Waals surface area contributed by atoms with E-state index in [9.17, 15) is 4.79 Å². The molecule has 0 unspecified atom stereocenters. The second-order valence-electron chi connectivity index (χ2n) is 2.64. The van der Waals surface area contributed by atoms with Gasteiger partial charge in [0.1, 0.15) is 0 Å². The molecule has 0 aliphatic heterocycles. The average Bonchev–Trinajstić information content (AvgIpc) is 2.53. The first kappa shape index (κ1) is 13.4. The van der Waals surface area contributed by atoms with Crippen LogP contribution in [0.25, 0.3) is 6.08 Å². The molecule has 14 heavy (non-hydrogen) atoms. The first-order chi connectivity index (χ1) is 6.24. The van der Waals surface area contributed by atoms with Crippen LogP contribution in [0.3, 0.4) is 0 Å². The third-order valence-corrected chi connectivity index (χ3v) is 1.59. The molecule has 1 heterocycles. The third kappa shape index (κ3) is 4.05. The smallest absolute Gasteiger partial charge is 0.0369 e. The predicted molar refractivity (Wildman–Crippen MR) is 53.2 cm³/mol. The van der Waals surface area contributed by atoms with Gasteiger partial charge in [0.2, 0.25) is 0 Å². The number of hydrogen-bond acceptors (Lipinski definition) is 2. The monoisotopic (exact) mass is 413 g/mol. The van der Waals surface area contributed by atoms with E-state index in [1.54, 1.807) is 6.07 Å². The number of Topliss-reactive ketones (excluding diaryl/α,β-unsaturated/α-hetero) is 1. The second kappa shape index (κ2) is 6.77. The van der Waals surface area contributed by atoms with Crippen LogP contribution < -0.4 is 5.32 Å². The first-order valence-corrected chi connectivity index (χ1v) is 4.19. The Morgan fingerprint density at radius 2 is 2.36 bits per heavy atom. The molecule has 1 aromatic rings. The van der Waals surface area contributed by atoms with Gasteiger partial charge in [0, 0.05) is 48.0 Å². The summed E-state index contributed by atoms with van der Waals surface area (Å²) in [6, 6.07) is 3.56. The summed E-state index contributed by atoms with van der Waals surface area (Å²) in [4.78, 5) is 13.7. The van der Waals surface area contributed by atoms with Crippen molar-refractivity contribution in [2.24, 2.45) is 0 Å². The molecule has 75 valence electrons. The Bertz CT molecular complexity index is 318. The largest absolute Gasteiger partial charge is 0.430 e. The van der Waals surface area contributed by atoms with Crippen LogP contribution in [0.2, 0.25) is 0 Å². The molecule has 0 spiro atoms. The van der Waals surface area contributed by atoms with Gasteiger partial charge in [0.25, 0.3) is 0 Å². The molecule has 0 atom stereocenters. The van der Waals surface area contributed by atoms with Crippen molar-refractivity contribution in [3.63, 3.8) is 0 Å². The van der Waals surface area contributed by atoms with Crippen molar-refractivity contribution in [1.82, 2.24) is 10.3 Å². The summed E-state index contributed by atoms with van der Waals surface area (Å²) in [6.07, 6.45) is 3.71. The molecule has 1 rings (SSSR count). The molecule has 0 fully saturated rings. The summed E-state index contributed by atoms with van der Waals surface area (Å²) < 4.78 is 0. The van der Waals surface area contributed by atoms with Gasteiger partial charge in [-0.05, 0) is 19.2 Å². The molecule has 1 radical (unpaired) electrons. The number of carbonyl (C=O) groups excluding carboxylic acids is 1. The van der Waals surface area contributed by atoms with Crippen molar-refractivity contribution in [3.05, 3.63) is 36.6 Å². The van der Waals surface area contributed by atoms with Crippen LogP contribution in [-0.4, -0.2) is 17.3 Å². The van der Waals surface area contributed by atoms with E-state index >= 15 is 0 Å². The molecule has 0 amide bonds. The van der Waals surface area contributed by atoms with Crippen LogP contribution in [0.1, 0.15) is 23.1 Å². The van der Waals surface area contributed by atoms with Crippen molar-refractivity contribution in [2.75, 3.05) is 6.54 Å². The number of ketones is 1. The molecule has 0 aliphatic rings. The Morgan fingerprint density at radius 3 is 2.86 bits per heavy atom. The molecule has 2 N–H and O–H groups in total. The summed E-state index contributed by atoms with van der Waals surface area (Å²) in [5.74, 6) is -0.192. The van der Waals surface area contributed by atoms with Crippen LogP contribution in [0.15, 0.2) is 18.3 Å². The Labute approximate surface area is 107 Å². The molecule has 1 aromatic heterocycles. The van der Waals surface area contributed by atoms with Crippen LogP contribution in [0, 0.1) is 36.9 Å². The SMILES string of the molecule is [CH2-]C(=O)c1ccc(/C=C/NCC)[nH]1.[Np]. The summed E-state index contributed by atoms with van der Waals surface area (Å²) in [6.45, 7) is 6.21. The fourth-order valence-corrected chi connectivity index (χ4v) is 0.938. The van der Waals surface area contributed by atoms with Crippen LogP contribution in [0.5, 0.6) is 0 Å². The van der Waals surface area contributed by atoms with Gasteiger partial charge in [-0.15, -0.1) is 6.07 Å². The molecule has 3 nitrogen and oxygen atoms in total. The maximum atomic E-state index is 10.8. The zero-order chi connectivity index (χ0) is 9.68. The quantitative estimate of drug-likeness (QED) is 0.581. The average molecular weight is 414 g/mol. The number of rotatable bonds is 4. The summed E-state index contributed by atoms with van der Waals surface area (Å²) in [7, 11) is 0. The van der Waals surface area contributed by atoms with Gasteiger partial charge in [-0.1, -0.05) is 11.8 Å². The Morgan fingerprint density at radius 1 is 1.64 bits per heavy atom. The van der Waals surface area contributed by atoms with E-state index in [2.05, 4.69) is 17.2 Å². The summed E-state index contributed by atoms with van der Waals surface area (Å²) in [5, 5.41) is 3.03. The number of aromatic nitrogens is 1. The second-order valence-corrected chi connectivity index (χ2v) is 2.64. The van der Waals surface area contributed by atoms with E-state index in [-0.39, 0.29) is 35.7 Å². The topological polar surface area (TPSA) is 44.9 Å². The van der Waals surface area contributed by atoms with E-state index in [0.29, 0.717) is 5.69 Å². The van der Waals surface area contributed by atoms with Gasteiger partial charge in [-0.25, -0.2) is 0 Å². The number of aromatic amines is 1. The van der Waals surface area contributed by atoms with Gasteiger partial charge in [0.05, 0.1) is 0 Å². The van der Waals surface area contributed by atoms with Crippen molar-refractivity contribution >= 4 is 11.9 Å². The normalized spacial score (nSPS) is 9.79. The van der Waals surface area contributed by atoms with E-state index in [1.165, 1.54) is 0 Å². The van der Waals surface area contributed by atoms with Crippen molar-refractivity contribution in [1.29, 1.82) is 0 Å². The fourth-order valence-electron chi connectivity index (χ4n) is 0.938. The first-order valence-electron chi connectivity index (χ1n) is 4.19.